The van der Waals surface area contributed by atoms with Gasteiger partial charge in [0, 0.05) is 0 Å². The van der Waals surface area contributed by atoms with Crippen LogP contribution >= 0.6 is 0 Å². The Morgan fingerprint density at radius 1 is 0.780 bits per heavy atom. The van der Waals surface area contributed by atoms with Crippen LogP contribution in [0.15, 0.2) is 84.9 Å². The molecule has 0 heterocycles. The van der Waals surface area contributed by atoms with Gasteiger partial charge in [0.1, 0.15) is 30.0 Å². The second-order valence-electron chi connectivity index (χ2n) is 12.9. The average Bonchev–Trinajstić information content (AvgIpc) is 3.08. The topological polar surface area (TPSA) is 170 Å². The Kier molecular flexibility index (Phi) is 12.4. The smallest absolute Gasteiger partial charge is 0.408 e. The fourth-order valence-electron chi connectivity index (χ4n) is 5.28. The van der Waals surface area contributed by atoms with Gasteiger partial charge < -0.3 is 40.2 Å². The number of ether oxygens (including phenoxy) is 4. The summed E-state index contributed by atoms with van der Waals surface area (Å²) in [5.41, 5.74) is -0.198. The number of amides is 4. The van der Waals surface area contributed by atoms with Crippen LogP contribution in [0.25, 0.3) is 0 Å². The molecule has 4 atom stereocenters. The highest BCUT2D eigenvalue weighted by atomic mass is 16.6. The van der Waals surface area contributed by atoms with Crippen LogP contribution in [0, 0.1) is 0 Å². The van der Waals surface area contributed by atoms with Crippen LogP contribution in [0.4, 0.5) is 9.59 Å². The summed E-state index contributed by atoms with van der Waals surface area (Å²) in [6, 6.07) is 23.3. The third-order valence-electron chi connectivity index (χ3n) is 7.80. The Bertz CT molecular complexity index is 1650. The lowest BCUT2D eigenvalue weighted by Crippen LogP contribution is -2.63. The van der Waals surface area contributed by atoms with Crippen LogP contribution in [-0.2, 0) is 41.6 Å². The molecule has 0 saturated heterocycles. The highest BCUT2D eigenvalue weighted by Crippen LogP contribution is 2.42. The van der Waals surface area contributed by atoms with Crippen LogP contribution < -0.4 is 26.0 Å². The minimum Gasteiger partial charge on any atom is -0.483 e. The van der Waals surface area contributed by atoms with Gasteiger partial charge in [0.15, 0.2) is 18.4 Å². The first-order valence-corrected chi connectivity index (χ1v) is 16.3. The van der Waals surface area contributed by atoms with Gasteiger partial charge in [-0.05, 0) is 76.3 Å². The molecule has 3 unspecified atom stereocenters. The molecule has 0 aliphatic heterocycles. The summed E-state index contributed by atoms with van der Waals surface area (Å²) in [4.78, 5) is 65.0. The molecular weight excluding hydrogens is 644 g/mol. The minimum atomic E-state index is -1.74. The molecule has 266 valence electrons. The number of hydrogen-bond acceptors (Lipinski definition) is 9. The summed E-state index contributed by atoms with van der Waals surface area (Å²) in [6.07, 6.45) is -2.13. The Morgan fingerprint density at radius 2 is 1.40 bits per heavy atom. The number of fused-ring (bicyclic) bond motifs is 1. The maximum Gasteiger partial charge on any atom is 0.408 e. The molecule has 13 heteroatoms. The van der Waals surface area contributed by atoms with Gasteiger partial charge >= 0.3 is 18.2 Å². The number of hydrogen-bond donors (Lipinski definition) is 4. The van der Waals surface area contributed by atoms with E-state index in [2.05, 4.69) is 21.3 Å². The lowest BCUT2D eigenvalue weighted by atomic mass is 9.75. The van der Waals surface area contributed by atoms with Crippen molar-refractivity contribution in [1.29, 1.82) is 0 Å². The van der Waals surface area contributed by atoms with E-state index in [9.17, 15) is 24.0 Å². The van der Waals surface area contributed by atoms with Crippen molar-refractivity contribution in [3.05, 3.63) is 102 Å². The largest absolute Gasteiger partial charge is 0.483 e. The van der Waals surface area contributed by atoms with Crippen molar-refractivity contribution in [2.45, 2.75) is 83.4 Å². The molecule has 13 nitrogen and oxygen atoms in total. The molecule has 3 aromatic rings. The Balaban J connectivity index is 1.40. The molecule has 4 rings (SSSR count). The number of aryl methyl sites for hydroxylation is 1. The number of carbonyl (C=O) groups is 5. The van der Waals surface area contributed by atoms with Gasteiger partial charge in [0.25, 0.3) is 0 Å². The van der Waals surface area contributed by atoms with Crippen LogP contribution in [-0.4, -0.2) is 59.9 Å². The summed E-state index contributed by atoms with van der Waals surface area (Å²) in [6.45, 7) is 7.44. The van der Waals surface area contributed by atoms with Gasteiger partial charge in [-0.15, -0.1) is 0 Å². The number of para-hydroxylation sites is 1. The molecule has 0 radical (unpaired) electrons. The van der Waals surface area contributed by atoms with E-state index in [0.717, 1.165) is 11.1 Å². The van der Waals surface area contributed by atoms with E-state index in [1.165, 1.54) is 13.8 Å². The zero-order chi connectivity index (χ0) is 36.3. The number of alkyl carbamates (subject to hydrolysis) is 2. The van der Waals surface area contributed by atoms with Gasteiger partial charge in [-0.25, -0.2) is 14.4 Å². The third kappa shape index (κ3) is 10.2. The first-order chi connectivity index (χ1) is 23.8. The molecular formula is C37H44N4O9. The first-order valence-electron chi connectivity index (χ1n) is 16.3. The molecule has 0 bridgehead atoms. The summed E-state index contributed by atoms with van der Waals surface area (Å²) < 4.78 is 22.7. The maximum atomic E-state index is 14.1. The second-order valence-corrected chi connectivity index (χ2v) is 12.9. The highest BCUT2D eigenvalue weighted by molar-refractivity contribution is 5.91. The Morgan fingerprint density at radius 3 is 2.08 bits per heavy atom. The molecule has 1 aliphatic rings. The Hall–Kier alpha value is -5.59. The average molecular weight is 689 g/mol. The highest BCUT2D eigenvalue weighted by Gasteiger charge is 2.54. The number of nitrogens with one attached hydrogen (secondary N) is 4. The van der Waals surface area contributed by atoms with Crippen molar-refractivity contribution >= 4 is 30.0 Å². The summed E-state index contributed by atoms with van der Waals surface area (Å²) in [7, 11) is 0. The standard InChI is InChI=1S/C37H44N4O9/c1-24(39-32(43)25(2)40-34(45)47-22-26-14-8-6-9-15-26)31(42)38-23-48-33(44)37(41-35(46)50-36(3,4)5)21-20-27-16-12-13-19-29(27)30(37)49-28-17-10-7-11-18-28/h6-19,24-25,30H,20-23H2,1-5H3,(H,38,42)(H,39,43)(H,40,45)(H,41,46)/t24-,25?,30?,37?/m0/s1. The minimum absolute atomic E-state index is 0.0265. The van der Waals surface area contributed by atoms with E-state index in [0.29, 0.717) is 17.7 Å². The van der Waals surface area contributed by atoms with Crippen molar-refractivity contribution in [3.63, 3.8) is 0 Å². The van der Waals surface area contributed by atoms with Gasteiger partial charge in [-0.1, -0.05) is 72.8 Å². The normalized spacial score (nSPS) is 17.8. The van der Waals surface area contributed by atoms with E-state index in [1.807, 2.05) is 48.5 Å². The van der Waals surface area contributed by atoms with Crippen molar-refractivity contribution < 1.29 is 42.9 Å². The van der Waals surface area contributed by atoms with E-state index in [-0.39, 0.29) is 13.0 Å². The molecule has 0 spiro atoms. The third-order valence-corrected chi connectivity index (χ3v) is 7.80. The molecule has 3 aromatic carbocycles. The van der Waals surface area contributed by atoms with Crippen LogP contribution in [0.1, 0.15) is 63.8 Å². The molecule has 50 heavy (non-hydrogen) atoms. The lowest BCUT2D eigenvalue weighted by molar-refractivity contribution is -0.159. The van der Waals surface area contributed by atoms with Crippen molar-refractivity contribution in [1.82, 2.24) is 21.3 Å². The van der Waals surface area contributed by atoms with Gasteiger partial charge in [-0.3, -0.25) is 9.59 Å². The zero-order valence-electron chi connectivity index (χ0n) is 28.8. The van der Waals surface area contributed by atoms with Gasteiger partial charge in [0.2, 0.25) is 11.8 Å². The molecule has 4 amide bonds. The van der Waals surface area contributed by atoms with Gasteiger partial charge in [-0.2, -0.15) is 0 Å². The second kappa shape index (κ2) is 16.7. The number of rotatable bonds is 12. The number of esters is 1. The van der Waals surface area contributed by atoms with Crippen molar-refractivity contribution in [2.24, 2.45) is 0 Å². The van der Waals surface area contributed by atoms with E-state index < -0.39 is 66.0 Å². The maximum absolute atomic E-state index is 14.1. The van der Waals surface area contributed by atoms with Crippen LogP contribution in [0.5, 0.6) is 5.75 Å². The zero-order valence-corrected chi connectivity index (χ0v) is 28.8. The fraction of sp³-hybridized carbons (Fsp3) is 0.378. The quantitative estimate of drug-likeness (QED) is 0.122. The van der Waals surface area contributed by atoms with E-state index >= 15 is 0 Å². The predicted molar refractivity (Wildman–Crippen MR) is 183 cm³/mol. The summed E-state index contributed by atoms with van der Waals surface area (Å²) >= 11 is 0. The number of carbonyl (C=O) groups excluding carboxylic acids is 5. The van der Waals surface area contributed by atoms with Crippen LogP contribution in [0.3, 0.4) is 0 Å². The van der Waals surface area contributed by atoms with E-state index in [1.54, 1.807) is 57.2 Å². The SMILES string of the molecule is CC(NC(=O)OCc1ccccc1)C(=O)N[C@@H](C)C(=O)NCOC(=O)C1(NC(=O)OC(C)(C)C)CCc2ccccc2C1Oc1ccccc1. The summed E-state index contributed by atoms with van der Waals surface area (Å²) in [5, 5.41) is 10.2. The first kappa shape index (κ1) is 37.2. The lowest BCUT2D eigenvalue weighted by Gasteiger charge is -2.43. The fourth-order valence-corrected chi connectivity index (χ4v) is 5.28. The molecule has 0 saturated carbocycles. The predicted octanol–water partition coefficient (Wildman–Crippen LogP) is 4.45. The van der Waals surface area contributed by atoms with Crippen molar-refractivity contribution in [3.8, 4) is 5.75 Å². The van der Waals surface area contributed by atoms with Gasteiger partial charge in [0.05, 0.1) is 0 Å². The van der Waals surface area contributed by atoms with Crippen LogP contribution in [0.2, 0.25) is 0 Å². The molecule has 0 fully saturated rings. The molecule has 0 aromatic heterocycles. The van der Waals surface area contributed by atoms with Crippen molar-refractivity contribution in [2.75, 3.05) is 6.73 Å². The number of benzene rings is 3. The van der Waals surface area contributed by atoms with E-state index in [4.69, 9.17) is 18.9 Å². The molecule has 1 aliphatic carbocycles. The Labute approximate surface area is 291 Å². The summed E-state index contributed by atoms with van der Waals surface area (Å²) in [5.74, 6) is -1.69. The molecule has 4 N–H and O–H groups in total. The monoisotopic (exact) mass is 688 g/mol.